The molecule has 0 unspecified atom stereocenters. The first kappa shape index (κ1) is 21.1. The number of allylic oxidation sites excluding steroid dienone is 1. The summed E-state index contributed by atoms with van der Waals surface area (Å²) in [7, 11) is 0. The lowest BCUT2D eigenvalue weighted by Crippen LogP contribution is -2.25. The fourth-order valence-corrected chi connectivity index (χ4v) is 4.62. The van der Waals surface area contributed by atoms with E-state index in [2.05, 4.69) is 36.5 Å². The molecule has 2 nitrogen and oxygen atoms in total. The van der Waals surface area contributed by atoms with Crippen LogP contribution in [0.2, 0.25) is 0 Å². The van der Waals surface area contributed by atoms with Gasteiger partial charge in [0, 0.05) is 17.9 Å². The highest BCUT2D eigenvalue weighted by Crippen LogP contribution is 2.36. The molecule has 0 aliphatic heterocycles. The van der Waals surface area contributed by atoms with Crippen LogP contribution in [-0.4, -0.2) is 12.5 Å². The maximum atomic E-state index is 12.5. The Labute approximate surface area is 164 Å². The Balaban J connectivity index is 1.62. The molecule has 0 aromatic heterocycles. The second-order valence-corrected chi connectivity index (χ2v) is 8.33. The van der Waals surface area contributed by atoms with Gasteiger partial charge in [0.05, 0.1) is 0 Å². The van der Waals surface area contributed by atoms with E-state index in [1.54, 1.807) is 0 Å². The van der Waals surface area contributed by atoms with Crippen LogP contribution >= 0.6 is 11.8 Å². The van der Waals surface area contributed by atoms with Crippen molar-refractivity contribution in [1.29, 1.82) is 0 Å². The summed E-state index contributed by atoms with van der Waals surface area (Å²) in [4.78, 5) is 13.8. The second kappa shape index (κ2) is 13.0. The fraction of sp³-hybridized carbons (Fsp3) is 0.609. The van der Waals surface area contributed by atoms with E-state index in [9.17, 15) is 4.79 Å². The van der Waals surface area contributed by atoms with Crippen LogP contribution < -0.4 is 5.32 Å². The minimum atomic E-state index is 0.181. The van der Waals surface area contributed by atoms with E-state index >= 15 is 0 Å². The van der Waals surface area contributed by atoms with Crippen molar-refractivity contribution in [2.75, 3.05) is 6.54 Å². The molecule has 0 saturated carbocycles. The van der Waals surface area contributed by atoms with Crippen LogP contribution in [0.4, 0.5) is 0 Å². The van der Waals surface area contributed by atoms with Crippen LogP contribution in [0.15, 0.2) is 40.8 Å². The van der Waals surface area contributed by atoms with Crippen LogP contribution in [0.5, 0.6) is 0 Å². The molecule has 0 fully saturated rings. The Bertz CT molecular complexity index is 553. The van der Waals surface area contributed by atoms with Gasteiger partial charge in [-0.05, 0) is 36.2 Å². The molecule has 1 aromatic rings. The van der Waals surface area contributed by atoms with Crippen molar-refractivity contribution in [3.05, 3.63) is 46.4 Å². The zero-order valence-electron chi connectivity index (χ0n) is 16.4. The summed E-state index contributed by atoms with van der Waals surface area (Å²) in [5.74, 6) is 1.14. The van der Waals surface area contributed by atoms with Crippen LogP contribution in [0.25, 0.3) is 0 Å². The van der Waals surface area contributed by atoms with Gasteiger partial charge in [0.1, 0.15) is 0 Å². The Morgan fingerprint density at radius 1 is 0.962 bits per heavy atom. The van der Waals surface area contributed by atoms with E-state index in [1.807, 2.05) is 17.8 Å². The van der Waals surface area contributed by atoms with Crippen LogP contribution in [0.1, 0.15) is 83.1 Å². The van der Waals surface area contributed by atoms with Gasteiger partial charge < -0.3 is 5.32 Å². The first-order valence-electron chi connectivity index (χ1n) is 10.5. The molecule has 2 rings (SSSR count). The summed E-state index contributed by atoms with van der Waals surface area (Å²) in [6.07, 6.45) is 13.6. The third-order valence-electron chi connectivity index (χ3n) is 5.01. The maximum absolute atomic E-state index is 12.5. The summed E-state index contributed by atoms with van der Waals surface area (Å²) in [6.45, 7) is 3.09. The standard InChI is InChI=1S/C23H35NOS/c1-2-3-4-5-6-7-8-12-18-24-23(25)21-16-13-17-22(21)26-19-20-14-10-9-11-15-20/h9-11,14-15H,2-8,12-13,16-19H2,1H3,(H,24,25). The van der Waals surface area contributed by atoms with Crippen LogP contribution in [0.3, 0.4) is 0 Å². The zero-order chi connectivity index (χ0) is 18.5. The first-order valence-corrected chi connectivity index (χ1v) is 11.5. The minimum Gasteiger partial charge on any atom is -0.352 e. The predicted molar refractivity (Wildman–Crippen MR) is 114 cm³/mol. The van der Waals surface area contributed by atoms with Gasteiger partial charge in [-0.3, -0.25) is 4.79 Å². The number of nitrogens with one attached hydrogen (secondary N) is 1. The van der Waals surface area contributed by atoms with E-state index in [0.717, 1.165) is 43.6 Å². The Hall–Kier alpha value is -1.22. The lowest BCUT2D eigenvalue weighted by molar-refractivity contribution is -0.117. The molecule has 1 amide bonds. The first-order chi connectivity index (χ1) is 12.8. The molecule has 1 aromatic carbocycles. The number of carbonyl (C=O) groups is 1. The second-order valence-electron chi connectivity index (χ2n) is 7.26. The predicted octanol–water partition coefficient (Wildman–Crippen LogP) is 6.61. The lowest BCUT2D eigenvalue weighted by Gasteiger charge is -2.09. The Morgan fingerprint density at radius 2 is 1.65 bits per heavy atom. The molecule has 3 heteroatoms. The van der Waals surface area contributed by atoms with Gasteiger partial charge in [-0.1, -0.05) is 82.2 Å². The lowest BCUT2D eigenvalue weighted by atomic mass is 10.1. The highest BCUT2D eigenvalue weighted by atomic mass is 32.2. The summed E-state index contributed by atoms with van der Waals surface area (Å²) in [5.41, 5.74) is 2.38. The average molecular weight is 374 g/mol. The molecule has 26 heavy (non-hydrogen) atoms. The van der Waals surface area contributed by atoms with Gasteiger partial charge >= 0.3 is 0 Å². The van der Waals surface area contributed by atoms with Gasteiger partial charge in [0.15, 0.2) is 0 Å². The number of hydrogen-bond acceptors (Lipinski definition) is 2. The van der Waals surface area contributed by atoms with Crippen molar-refractivity contribution in [3.8, 4) is 0 Å². The van der Waals surface area contributed by atoms with Crippen molar-refractivity contribution < 1.29 is 4.79 Å². The third-order valence-corrected chi connectivity index (χ3v) is 6.29. The molecule has 0 saturated heterocycles. The number of amides is 1. The van der Waals surface area contributed by atoms with Crippen molar-refractivity contribution in [3.63, 3.8) is 0 Å². The molecule has 1 aliphatic carbocycles. The summed E-state index contributed by atoms with van der Waals surface area (Å²) in [6, 6.07) is 10.5. The fourth-order valence-electron chi connectivity index (χ4n) is 3.43. The number of unbranched alkanes of at least 4 members (excludes halogenated alkanes) is 7. The molecular weight excluding hydrogens is 338 g/mol. The Kier molecular flexibility index (Phi) is 10.6. The largest absolute Gasteiger partial charge is 0.352 e. The number of carbonyl (C=O) groups excluding carboxylic acids is 1. The van der Waals surface area contributed by atoms with E-state index in [4.69, 9.17) is 0 Å². The van der Waals surface area contributed by atoms with Gasteiger partial charge in [-0.15, -0.1) is 11.8 Å². The highest BCUT2D eigenvalue weighted by Gasteiger charge is 2.20. The van der Waals surface area contributed by atoms with E-state index in [0.29, 0.717) is 0 Å². The van der Waals surface area contributed by atoms with Gasteiger partial charge in [-0.25, -0.2) is 0 Å². The molecule has 1 N–H and O–H groups in total. The van der Waals surface area contributed by atoms with Gasteiger partial charge in [-0.2, -0.15) is 0 Å². The molecule has 0 heterocycles. The Morgan fingerprint density at radius 3 is 2.38 bits per heavy atom. The van der Waals surface area contributed by atoms with Crippen molar-refractivity contribution in [2.45, 2.75) is 83.3 Å². The van der Waals surface area contributed by atoms with Crippen LogP contribution in [0, 0.1) is 0 Å². The average Bonchev–Trinajstić information content (AvgIpc) is 3.14. The van der Waals surface area contributed by atoms with E-state index < -0.39 is 0 Å². The maximum Gasteiger partial charge on any atom is 0.247 e. The van der Waals surface area contributed by atoms with Crippen molar-refractivity contribution >= 4 is 17.7 Å². The SMILES string of the molecule is CCCCCCCCCCNC(=O)C1=C(SCc2ccccc2)CCC1. The summed E-state index contributed by atoms with van der Waals surface area (Å²) >= 11 is 1.85. The molecule has 0 atom stereocenters. The highest BCUT2D eigenvalue weighted by molar-refractivity contribution is 8.02. The number of benzene rings is 1. The smallest absolute Gasteiger partial charge is 0.247 e. The molecule has 144 valence electrons. The molecule has 0 radical (unpaired) electrons. The number of rotatable bonds is 13. The molecule has 0 spiro atoms. The van der Waals surface area contributed by atoms with Crippen molar-refractivity contribution in [2.24, 2.45) is 0 Å². The summed E-state index contributed by atoms with van der Waals surface area (Å²) in [5, 5.41) is 3.15. The molecule has 1 aliphatic rings. The van der Waals surface area contributed by atoms with Gasteiger partial charge in [0.25, 0.3) is 0 Å². The quantitative estimate of drug-likeness (QED) is 0.394. The number of thioether (sulfide) groups is 1. The van der Waals surface area contributed by atoms with Gasteiger partial charge in [0.2, 0.25) is 5.91 Å². The molecule has 0 bridgehead atoms. The monoisotopic (exact) mass is 373 g/mol. The van der Waals surface area contributed by atoms with E-state index in [-0.39, 0.29) is 5.91 Å². The third kappa shape index (κ3) is 7.99. The van der Waals surface area contributed by atoms with Crippen molar-refractivity contribution in [1.82, 2.24) is 5.32 Å². The number of hydrogen-bond donors (Lipinski definition) is 1. The minimum absolute atomic E-state index is 0.181. The molecular formula is C23H35NOS. The zero-order valence-corrected chi connectivity index (χ0v) is 17.2. The summed E-state index contributed by atoms with van der Waals surface area (Å²) < 4.78 is 0. The van der Waals surface area contributed by atoms with Crippen LogP contribution in [-0.2, 0) is 10.5 Å². The normalized spacial score (nSPS) is 14.0. The topological polar surface area (TPSA) is 29.1 Å². The van der Waals surface area contributed by atoms with E-state index in [1.165, 1.54) is 55.4 Å².